The van der Waals surface area contributed by atoms with Crippen molar-refractivity contribution in [3.05, 3.63) is 75.8 Å². The number of cyclic esters (lactones) is 1. The van der Waals surface area contributed by atoms with Crippen molar-refractivity contribution in [2.75, 3.05) is 6.61 Å². The molecule has 5 atom stereocenters. The molecule has 0 spiro atoms. The Kier molecular flexibility index (Phi) is 12.4. The highest BCUT2D eigenvalue weighted by Crippen LogP contribution is 2.59. The first kappa shape index (κ1) is 52.4. The summed E-state index contributed by atoms with van der Waals surface area (Å²) in [4.78, 5) is 84.7. The van der Waals surface area contributed by atoms with E-state index in [4.69, 9.17) is 33.2 Å². The molecular weight excluding hydrogens is 1070 g/mol. The molecule has 3 heterocycles. The van der Waals surface area contributed by atoms with Gasteiger partial charge in [0, 0.05) is 16.7 Å². The first-order valence-electron chi connectivity index (χ1n) is 21.7. The highest BCUT2D eigenvalue weighted by atomic mass is 16.7. The number of aromatic hydroxyl groups is 17. The van der Waals surface area contributed by atoms with Crippen molar-refractivity contribution in [3.63, 3.8) is 0 Å². The first-order valence-corrected chi connectivity index (χ1v) is 21.7. The number of esters is 5. The molecule has 18 N–H and O–H groups in total. The van der Waals surface area contributed by atoms with Crippen LogP contribution in [0.3, 0.4) is 0 Å². The zero-order chi connectivity index (χ0) is 57.7. The lowest BCUT2D eigenvalue weighted by molar-refractivity contribution is -0.282. The fourth-order valence-corrected chi connectivity index (χ4v) is 8.50. The molecule has 0 unspecified atom stereocenters. The van der Waals surface area contributed by atoms with Crippen molar-refractivity contribution >= 4 is 35.8 Å². The molecule has 1 saturated heterocycles. The summed E-state index contributed by atoms with van der Waals surface area (Å²) in [7, 11) is 0. The van der Waals surface area contributed by atoms with Gasteiger partial charge in [-0.2, -0.15) is 0 Å². The lowest BCUT2D eigenvalue weighted by Gasteiger charge is -2.44. The SMILES string of the molecule is O=C(O)c1cc(O)c(O)c(Oc2c(O)c(O)c(O)c3c2C(=O)O[C@H]2[C@@H]4OC(=O)c5cc(O)c(O)c(O)c5-c5c(cc(O)c(O)c5O)C(=O)O[C@H]4[C@H](OC(=O)c4cc(O)c(O)c(O)c4)O[C@@H]2COC(=O)c2cc(O)c(O)c(O)c2-3)c1. The first-order chi connectivity index (χ1) is 37.1. The van der Waals surface area contributed by atoms with Crippen LogP contribution in [0, 0.1) is 0 Å². The maximum atomic E-state index is 15.3. The average Bonchev–Trinajstić information content (AvgIpc) is 3.58. The molecule has 0 aliphatic carbocycles. The van der Waals surface area contributed by atoms with Gasteiger partial charge in [0.1, 0.15) is 18.3 Å². The standard InChI is InChI=1S/C48H32O31/c49-14-2-10(3-15(50)27(14)55)43(68)79-48-41-40(77-45(70)12-6-18(53)29(57)32(60)22(12)23-13(46(71)78-41)7-19(54)30(58)33(23)61)38-21(75-48)8-73-44(69)11-5-17(52)31(59)34(62)24(11)25-26(47(72)76-38)39(37(65)36(64)35(25)63)74-20-4-9(42(66)67)1-16(51)28(20)56/h1-7,21,38,40-41,48-65H,8H2,(H,66,67)/t21-,38-,40+,41-,48+/m1/s1. The summed E-state index contributed by atoms with van der Waals surface area (Å²) in [6.45, 7) is -1.42. The Labute approximate surface area is 433 Å². The highest BCUT2D eigenvalue weighted by molar-refractivity contribution is 6.11. The van der Waals surface area contributed by atoms with E-state index in [-0.39, 0.29) is 0 Å². The minimum Gasteiger partial charge on any atom is -0.504 e. The van der Waals surface area contributed by atoms with E-state index in [0.717, 1.165) is 0 Å². The Bertz CT molecular complexity index is 3710. The van der Waals surface area contributed by atoms with Crippen LogP contribution in [0.5, 0.6) is 109 Å². The van der Waals surface area contributed by atoms with Gasteiger partial charge in [0.05, 0.1) is 33.4 Å². The summed E-state index contributed by atoms with van der Waals surface area (Å²) in [5, 5.41) is 193. The van der Waals surface area contributed by atoms with Crippen molar-refractivity contribution in [3.8, 4) is 131 Å². The van der Waals surface area contributed by atoms with E-state index in [2.05, 4.69) is 0 Å². The molecule has 79 heavy (non-hydrogen) atoms. The Morgan fingerprint density at radius 3 is 1.37 bits per heavy atom. The second-order valence-corrected chi connectivity index (χ2v) is 16.9. The second-order valence-electron chi connectivity index (χ2n) is 16.9. The number of rotatable bonds is 5. The summed E-state index contributed by atoms with van der Waals surface area (Å²) >= 11 is 0. The van der Waals surface area contributed by atoms with Crippen LogP contribution in [-0.2, 0) is 28.4 Å². The molecular formula is C48H32O31. The molecule has 6 aromatic carbocycles. The molecule has 0 bridgehead atoms. The molecule has 0 radical (unpaired) electrons. The van der Waals surface area contributed by atoms with Gasteiger partial charge < -0.3 is 125 Å². The summed E-state index contributed by atoms with van der Waals surface area (Å²) in [6, 6.07) is 2.98. The van der Waals surface area contributed by atoms with Gasteiger partial charge in [-0.05, 0) is 42.5 Å². The molecule has 6 aromatic rings. The summed E-state index contributed by atoms with van der Waals surface area (Å²) in [5.74, 6) is -38.6. The number of phenolic OH excluding ortho intramolecular Hbond substituents is 17. The molecule has 9 rings (SSSR count). The smallest absolute Gasteiger partial charge is 0.343 e. The zero-order valence-electron chi connectivity index (χ0n) is 38.5. The van der Waals surface area contributed by atoms with Crippen molar-refractivity contribution in [2.24, 2.45) is 0 Å². The van der Waals surface area contributed by atoms with Crippen molar-refractivity contribution in [1.82, 2.24) is 0 Å². The van der Waals surface area contributed by atoms with Crippen LogP contribution < -0.4 is 4.74 Å². The number of aromatic carboxylic acids is 1. The van der Waals surface area contributed by atoms with Gasteiger partial charge in [-0.3, -0.25) is 0 Å². The number of phenols is 17. The molecule has 0 aromatic heterocycles. The molecule has 3 aliphatic heterocycles. The van der Waals surface area contributed by atoms with Crippen LogP contribution >= 0.6 is 0 Å². The quantitative estimate of drug-likeness (QED) is 0.0670. The van der Waals surface area contributed by atoms with Gasteiger partial charge in [-0.25, -0.2) is 28.8 Å². The van der Waals surface area contributed by atoms with E-state index in [1.165, 1.54) is 0 Å². The lowest BCUT2D eigenvalue weighted by atomic mass is 9.90. The Hall–Kier alpha value is -11.5. The molecule has 410 valence electrons. The van der Waals surface area contributed by atoms with Gasteiger partial charge in [0.25, 0.3) is 0 Å². The third-order valence-electron chi connectivity index (χ3n) is 12.2. The number of ether oxygens (including phenoxy) is 7. The molecule has 0 saturated carbocycles. The lowest BCUT2D eigenvalue weighted by Crippen LogP contribution is -2.63. The fourth-order valence-electron chi connectivity index (χ4n) is 8.50. The van der Waals surface area contributed by atoms with Gasteiger partial charge >= 0.3 is 35.8 Å². The number of benzene rings is 6. The summed E-state index contributed by atoms with van der Waals surface area (Å²) in [6.07, 6.45) is -13.2. The maximum Gasteiger partial charge on any atom is 0.343 e. The number of carboxylic acid groups (broad SMARTS) is 1. The number of hydrogen-bond donors (Lipinski definition) is 18. The molecule has 0 amide bonds. The second kappa shape index (κ2) is 18.7. The molecule has 1 fully saturated rings. The van der Waals surface area contributed by atoms with Crippen LogP contribution in [0.25, 0.3) is 22.3 Å². The minimum atomic E-state index is -2.74. The predicted octanol–water partition coefficient (Wildman–Crippen LogP) is 2.55. The van der Waals surface area contributed by atoms with E-state index < -0.39 is 238 Å². The normalized spacial score (nSPS) is 18.7. The molecule has 31 heteroatoms. The van der Waals surface area contributed by atoms with Crippen LogP contribution in [0.1, 0.15) is 62.1 Å². The largest absolute Gasteiger partial charge is 0.504 e. The third kappa shape index (κ3) is 8.40. The van der Waals surface area contributed by atoms with Crippen LogP contribution in [0.4, 0.5) is 0 Å². The zero-order valence-corrected chi connectivity index (χ0v) is 38.5. The third-order valence-corrected chi connectivity index (χ3v) is 12.2. The summed E-state index contributed by atoms with van der Waals surface area (Å²) in [5.41, 5.74) is -12.0. The Morgan fingerprint density at radius 2 is 0.848 bits per heavy atom. The highest BCUT2D eigenvalue weighted by Gasteiger charge is 2.56. The van der Waals surface area contributed by atoms with Crippen molar-refractivity contribution in [2.45, 2.75) is 30.7 Å². The van der Waals surface area contributed by atoms with E-state index in [1.54, 1.807) is 0 Å². The van der Waals surface area contributed by atoms with E-state index >= 15 is 4.79 Å². The fraction of sp³-hybridized carbons (Fsp3) is 0.125. The van der Waals surface area contributed by atoms with Gasteiger partial charge in [0.15, 0.2) is 87.0 Å². The monoisotopic (exact) mass is 1100 g/mol. The topological polar surface area (TPSA) is 531 Å². The van der Waals surface area contributed by atoms with Crippen LogP contribution in [0.15, 0.2) is 42.5 Å². The maximum absolute atomic E-state index is 15.3. The minimum absolute atomic E-state index is 0.335. The van der Waals surface area contributed by atoms with Crippen molar-refractivity contribution < 1.29 is 154 Å². The molecule has 31 nitrogen and oxygen atoms in total. The Morgan fingerprint density at radius 1 is 0.418 bits per heavy atom. The number of hydrogen-bond acceptors (Lipinski definition) is 30. The molecule has 3 aliphatic rings. The van der Waals surface area contributed by atoms with E-state index in [1.807, 2.05) is 0 Å². The van der Waals surface area contributed by atoms with E-state index in [9.17, 15) is 116 Å². The number of carbonyl (C=O) groups is 6. The number of carboxylic acids is 1. The predicted molar refractivity (Wildman–Crippen MR) is 244 cm³/mol. The van der Waals surface area contributed by atoms with Crippen LogP contribution in [-0.4, -0.2) is 165 Å². The number of carbonyl (C=O) groups excluding carboxylic acids is 5. The van der Waals surface area contributed by atoms with Gasteiger partial charge in [-0.1, -0.05) is 0 Å². The Balaban J connectivity index is 1.32. The average molecular weight is 1100 g/mol. The van der Waals surface area contributed by atoms with Gasteiger partial charge in [0.2, 0.25) is 46.9 Å². The van der Waals surface area contributed by atoms with Crippen molar-refractivity contribution in [1.29, 1.82) is 0 Å². The van der Waals surface area contributed by atoms with E-state index in [0.29, 0.717) is 42.5 Å². The number of fused-ring (bicyclic) bond motifs is 9. The van der Waals surface area contributed by atoms with Crippen LogP contribution in [0.2, 0.25) is 0 Å². The summed E-state index contributed by atoms with van der Waals surface area (Å²) < 4.78 is 39.4. The van der Waals surface area contributed by atoms with Gasteiger partial charge in [-0.15, -0.1) is 0 Å².